The molecule has 0 aliphatic rings. The van der Waals surface area contributed by atoms with Crippen LogP contribution in [0, 0.1) is 20.8 Å². The molecule has 90 valence electrons. The molecule has 1 aromatic heterocycles. The topological polar surface area (TPSA) is 17.8 Å². The lowest BCUT2D eigenvalue weighted by molar-refractivity contribution is 0.832. The summed E-state index contributed by atoms with van der Waals surface area (Å²) in [5.74, 6) is 0. The highest BCUT2D eigenvalue weighted by molar-refractivity contribution is 9.08. The van der Waals surface area contributed by atoms with Crippen LogP contribution in [0.3, 0.4) is 0 Å². The maximum absolute atomic E-state index is 6.16. The monoisotopic (exact) mass is 312 g/mol. The van der Waals surface area contributed by atoms with E-state index in [2.05, 4.69) is 46.2 Å². The van der Waals surface area contributed by atoms with Crippen molar-refractivity contribution in [3.05, 3.63) is 45.7 Å². The van der Waals surface area contributed by atoms with Gasteiger partial charge in [-0.1, -0.05) is 33.6 Å². The fourth-order valence-electron chi connectivity index (χ4n) is 1.84. The Bertz CT molecular complexity index is 561. The maximum Gasteiger partial charge on any atom is 0.0848 e. The van der Waals surface area contributed by atoms with Crippen LogP contribution < -0.4 is 0 Å². The Morgan fingerprint density at radius 2 is 2.00 bits per heavy atom. The normalized spacial score (nSPS) is 10.9. The fraction of sp³-hybridized carbons (Fsp3) is 0.308. The molecule has 0 N–H and O–H groups in total. The molecule has 1 heterocycles. The number of aryl methyl sites for hydroxylation is 2. The van der Waals surface area contributed by atoms with Gasteiger partial charge in [-0.15, -0.1) is 0 Å². The van der Waals surface area contributed by atoms with Crippen LogP contribution in [0.2, 0.25) is 5.02 Å². The van der Waals surface area contributed by atoms with Crippen molar-refractivity contribution in [2.45, 2.75) is 26.1 Å². The van der Waals surface area contributed by atoms with E-state index in [0.29, 0.717) is 0 Å². The van der Waals surface area contributed by atoms with Crippen LogP contribution in [0.25, 0.3) is 5.69 Å². The van der Waals surface area contributed by atoms with E-state index >= 15 is 0 Å². The SMILES string of the molecule is Cc1cc(-n2nc(C)c(Cl)c2C)ccc1CBr. The largest absolute Gasteiger partial charge is 0.236 e. The Morgan fingerprint density at radius 3 is 2.47 bits per heavy atom. The Kier molecular flexibility index (Phi) is 3.59. The van der Waals surface area contributed by atoms with Crippen molar-refractivity contribution in [3.8, 4) is 5.69 Å². The average Bonchev–Trinajstić information content (AvgIpc) is 2.57. The van der Waals surface area contributed by atoms with Crippen LogP contribution in [0.5, 0.6) is 0 Å². The number of hydrogen-bond acceptors (Lipinski definition) is 1. The summed E-state index contributed by atoms with van der Waals surface area (Å²) in [4.78, 5) is 0. The van der Waals surface area contributed by atoms with Crippen LogP contribution in [0.15, 0.2) is 18.2 Å². The summed E-state index contributed by atoms with van der Waals surface area (Å²) in [6, 6.07) is 6.31. The number of hydrogen-bond donors (Lipinski definition) is 0. The lowest BCUT2D eigenvalue weighted by atomic mass is 10.1. The van der Waals surface area contributed by atoms with E-state index in [0.717, 1.165) is 27.4 Å². The predicted octanol–water partition coefficient (Wildman–Crippen LogP) is 4.35. The molecule has 0 bridgehead atoms. The van der Waals surface area contributed by atoms with E-state index in [1.807, 2.05) is 18.5 Å². The Morgan fingerprint density at radius 1 is 1.29 bits per heavy atom. The van der Waals surface area contributed by atoms with Crippen molar-refractivity contribution in [3.63, 3.8) is 0 Å². The van der Waals surface area contributed by atoms with Gasteiger partial charge >= 0.3 is 0 Å². The lowest BCUT2D eigenvalue weighted by Crippen LogP contribution is -2.00. The number of halogens is 2. The Labute approximate surface area is 115 Å². The van der Waals surface area contributed by atoms with E-state index in [4.69, 9.17) is 11.6 Å². The Hall–Kier alpha value is -0.800. The zero-order chi connectivity index (χ0) is 12.6. The number of rotatable bonds is 2. The highest BCUT2D eigenvalue weighted by atomic mass is 79.9. The molecule has 0 unspecified atom stereocenters. The van der Waals surface area contributed by atoms with Crippen LogP contribution in [0.1, 0.15) is 22.5 Å². The molecule has 0 fully saturated rings. The third-order valence-corrected chi connectivity index (χ3v) is 4.07. The molecule has 0 amide bonds. The predicted molar refractivity (Wildman–Crippen MR) is 75.4 cm³/mol. The van der Waals surface area contributed by atoms with Gasteiger partial charge in [0.1, 0.15) is 0 Å². The molecule has 4 heteroatoms. The quantitative estimate of drug-likeness (QED) is 0.754. The van der Waals surface area contributed by atoms with E-state index in [1.54, 1.807) is 0 Å². The molecule has 0 atom stereocenters. The van der Waals surface area contributed by atoms with Gasteiger partial charge in [0.15, 0.2) is 0 Å². The van der Waals surface area contributed by atoms with Crippen LogP contribution >= 0.6 is 27.5 Å². The molecular formula is C13H14BrClN2. The second kappa shape index (κ2) is 4.83. The summed E-state index contributed by atoms with van der Waals surface area (Å²) >= 11 is 9.63. The molecule has 0 radical (unpaired) electrons. The second-order valence-corrected chi connectivity index (χ2v) is 5.08. The summed E-state index contributed by atoms with van der Waals surface area (Å²) in [5, 5.41) is 6.06. The molecule has 2 nitrogen and oxygen atoms in total. The smallest absolute Gasteiger partial charge is 0.0848 e. The van der Waals surface area contributed by atoms with Crippen molar-refractivity contribution in [2.24, 2.45) is 0 Å². The molecule has 0 spiro atoms. The average molecular weight is 314 g/mol. The highest BCUT2D eigenvalue weighted by Crippen LogP contribution is 2.24. The van der Waals surface area contributed by atoms with Gasteiger partial charge in [0, 0.05) is 5.33 Å². The van der Waals surface area contributed by atoms with E-state index < -0.39 is 0 Å². The first-order chi connectivity index (χ1) is 8.04. The van der Waals surface area contributed by atoms with Gasteiger partial charge in [-0.3, -0.25) is 0 Å². The van der Waals surface area contributed by atoms with Gasteiger partial charge < -0.3 is 0 Å². The van der Waals surface area contributed by atoms with Crippen molar-refractivity contribution < 1.29 is 0 Å². The van der Waals surface area contributed by atoms with Gasteiger partial charge in [-0.25, -0.2) is 4.68 Å². The standard InChI is InChI=1S/C13H14BrClN2/c1-8-6-12(5-4-11(8)7-14)17-10(3)13(15)9(2)16-17/h4-6H,7H2,1-3H3. The minimum atomic E-state index is 0.743. The molecule has 2 rings (SSSR count). The summed E-state index contributed by atoms with van der Waals surface area (Å²) in [6.45, 7) is 6.01. The third-order valence-electron chi connectivity index (χ3n) is 2.92. The minimum absolute atomic E-state index is 0.743. The van der Waals surface area contributed by atoms with Gasteiger partial charge in [0.05, 0.1) is 22.1 Å². The van der Waals surface area contributed by atoms with Gasteiger partial charge in [-0.05, 0) is 44.0 Å². The minimum Gasteiger partial charge on any atom is -0.236 e. The third kappa shape index (κ3) is 2.26. The molecule has 1 aromatic carbocycles. The van der Waals surface area contributed by atoms with Crippen molar-refractivity contribution in [1.82, 2.24) is 9.78 Å². The van der Waals surface area contributed by atoms with Crippen LogP contribution in [-0.4, -0.2) is 9.78 Å². The molecule has 0 aliphatic carbocycles. The lowest BCUT2D eigenvalue weighted by Gasteiger charge is -2.08. The number of alkyl halides is 1. The molecule has 17 heavy (non-hydrogen) atoms. The molecule has 2 aromatic rings. The summed E-state index contributed by atoms with van der Waals surface area (Å²) in [7, 11) is 0. The zero-order valence-corrected chi connectivity index (χ0v) is 12.4. The van der Waals surface area contributed by atoms with Gasteiger partial charge in [-0.2, -0.15) is 5.10 Å². The first kappa shape index (κ1) is 12.7. The summed E-state index contributed by atoms with van der Waals surface area (Å²) < 4.78 is 1.89. The molecular weight excluding hydrogens is 300 g/mol. The second-order valence-electron chi connectivity index (χ2n) is 4.14. The summed E-state index contributed by atoms with van der Waals surface area (Å²) in [6.07, 6.45) is 0. The van der Waals surface area contributed by atoms with Gasteiger partial charge in [0.2, 0.25) is 0 Å². The Balaban J connectivity index is 2.53. The first-order valence-electron chi connectivity index (χ1n) is 5.42. The van der Waals surface area contributed by atoms with E-state index in [9.17, 15) is 0 Å². The molecule has 0 saturated carbocycles. The van der Waals surface area contributed by atoms with Crippen LogP contribution in [0.4, 0.5) is 0 Å². The molecule has 0 aliphatic heterocycles. The number of aromatic nitrogens is 2. The maximum atomic E-state index is 6.16. The first-order valence-corrected chi connectivity index (χ1v) is 6.92. The van der Waals surface area contributed by atoms with Crippen LogP contribution in [-0.2, 0) is 5.33 Å². The number of benzene rings is 1. The van der Waals surface area contributed by atoms with Crippen molar-refractivity contribution in [1.29, 1.82) is 0 Å². The molecule has 0 saturated heterocycles. The number of nitrogens with zero attached hydrogens (tertiary/aromatic N) is 2. The fourth-order valence-corrected chi connectivity index (χ4v) is 2.58. The van der Waals surface area contributed by atoms with E-state index in [-0.39, 0.29) is 0 Å². The van der Waals surface area contributed by atoms with Crippen molar-refractivity contribution >= 4 is 27.5 Å². The zero-order valence-electron chi connectivity index (χ0n) is 10.1. The highest BCUT2D eigenvalue weighted by Gasteiger charge is 2.11. The van der Waals surface area contributed by atoms with Crippen molar-refractivity contribution in [2.75, 3.05) is 0 Å². The summed E-state index contributed by atoms with van der Waals surface area (Å²) in [5.41, 5.74) is 5.45. The van der Waals surface area contributed by atoms with Gasteiger partial charge in [0.25, 0.3) is 0 Å². The van der Waals surface area contributed by atoms with E-state index in [1.165, 1.54) is 11.1 Å².